The van der Waals surface area contributed by atoms with E-state index in [1.807, 2.05) is 11.9 Å². The smallest absolute Gasteiger partial charge is 0.193 e. The van der Waals surface area contributed by atoms with E-state index in [1.54, 1.807) is 19.2 Å². The van der Waals surface area contributed by atoms with Gasteiger partial charge in [0, 0.05) is 20.6 Å². The summed E-state index contributed by atoms with van der Waals surface area (Å²) in [7, 11) is 3.78. The monoisotopic (exact) mass is 421 g/mol. The van der Waals surface area contributed by atoms with Crippen LogP contribution in [0.4, 0.5) is 4.39 Å². The van der Waals surface area contributed by atoms with Crippen molar-refractivity contribution in [1.82, 2.24) is 10.2 Å². The van der Waals surface area contributed by atoms with Crippen molar-refractivity contribution < 1.29 is 9.13 Å². The topological polar surface area (TPSA) is 36.9 Å². The minimum Gasteiger partial charge on any atom is -0.492 e. The zero-order valence-electron chi connectivity index (χ0n) is 13.2. The highest BCUT2D eigenvalue weighted by atomic mass is 127. The minimum atomic E-state index is -0.250. The number of halogens is 2. The van der Waals surface area contributed by atoms with E-state index in [1.165, 1.54) is 31.4 Å². The van der Waals surface area contributed by atoms with Crippen molar-refractivity contribution in [1.29, 1.82) is 0 Å². The van der Waals surface area contributed by atoms with E-state index in [-0.39, 0.29) is 29.8 Å². The van der Waals surface area contributed by atoms with Gasteiger partial charge in [-0.1, -0.05) is 12.8 Å². The number of rotatable bonds is 7. The molecule has 1 aromatic carbocycles. The van der Waals surface area contributed by atoms with Crippen LogP contribution in [0, 0.1) is 11.7 Å². The second-order valence-corrected chi connectivity index (χ2v) is 5.43. The highest BCUT2D eigenvalue weighted by Crippen LogP contribution is 2.31. The van der Waals surface area contributed by atoms with E-state index >= 15 is 0 Å². The maximum absolute atomic E-state index is 12.8. The molecule has 1 fully saturated rings. The highest BCUT2D eigenvalue weighted by Gasteiger charge is 2.20. The maximum atomic E-state index is 12.8. The molecule has 1 N–H and O–H groups in total. The van der Waals surface area contributed by atoms with Crippen LogP contribution in [0.15, 0.2) is 29.3 Å². The van der Waals surface area contributed by atoms with Gasteiger partial charge in [-0.15, -0.1) is 24.0 Å². The number of likely N-dealkylation sites (N-methyl/N-ethyl adjacent to an activating group) is 1. The van der Waals surface area contributed by atoms with Gasteiger partial charge in [0.2, 0.25) is 0 Å². The molecule has 0 saturated heterocycles. The molecule has 6 heteroatoms. The van der Waals surface area contributed by atoms with Crippen LogP contribution in [0.5, 0.6) is 5.75 Å². The number of nitrogens with one attached hydrogen (secondary N) is 1. The van der Waals surface area contributed by atoms with E-state index in [0.717, 1.165) is 25.0 Å². The summed E-state index contributed by atoms with van der Waals surface area (Å²) in [5.74, 6) is 2.24. The van der Waals surface area contributed by atoms with Gasteiger partial charge in [0.15, 0.2) is 5.96 Å². The number of hydrogen-bond acceptors (Lipinski definition) is 2. The number of nitrogens with zero attached hydrogens (tertiary/aromatic N) is 2. The van der Waals surface area contributed by atoms with Crippen molar-refractivity contribution in [3.05, 3.63) is 30.1 Å². The molecule has 4 nitrogen and oxygen atoms in total. The SMILES string of the molecule is CN=C(NCCC1CC1)N(C)CCOc1ccc(F)cc1.I. The van der Waals surface area contributed by atoms with E-state index in [9.17, 15) is 4.39 Å². The van der Waals surface area contributed by atoms with Crippen LogP contribution >= 0.6 is 24.0 Å². The fraction of sp³-hybridized carbons (Fsp3) is 0.562. The zero-order chi connectivity index (χ0) is 15.1. The second kappa shape index (κ2) is 9.86. The van der Waals surface area contributed by atoms with Crippen molar-refractivity contribution in [2.45, 2.75) is 19.3 Å². The molecule has 0 bridgehead atoms. The van der Waals surface area contributed by atoms with Crippen LogP contribution in [-0.2, 0) is 0 Å². The Morgan fingerprint density at radius 2 is 2.05 bits per heavy atom. The molecule has 0 aromatic heterocycles. The Kier molecular flexibility index (Phi) is 8.52. The first-order chi connectivity index (χ1) is 10.2. The van der Waals surface area contributed by atoms with Crippen LogP contribution in [0.2, 0.25) is 0 Å². The number of hydrogen-bond donors (Lipinski definition) is 1. The average molecular weight is 421 g/mol. The predicted molar refractivity (Wildman–Crippen MR) is 98.6 cm³/mol. The molecular weight excluding hydrogens is 396 g/mol. The molecule has 0 radical (unpaired) electrons. The van der Waals surface area contributed by atoms with Crippen molar-refractivity contribution in [3.63, 3.8) is 0 Å². The van der Waals surface area contributed by atoms with Gasteiger partial charge in [-0.2, -0.15) is 0 Å². The third-order valence-electron chi connectivity index (χ3n) is 3.62. The summed E-state index contributed by atoms with van der Waals surface area (Å²) >= 11 is 0. The van der Waals surface area contributed by atoms with Gasteiger partial charge < -0.3 is 15.0 Å². The predicted octanol–water partition coefficient (Wildman–Crippen LogP) is 3.13. The summed E-state index contributed by atoms with van der Waals surface area (Å²) in [6.07, 6.45) is 3.97. The second-order valence-electron chi connectivity index (χ2n) is 5.43. The summed E-state index contributed by atoms with van der Waals surface area (Å²) < 4.78 is 18.4. The molecule has 0 amide bonds. The number of benzene rings is 1. The summed E-state index contributed by atoms with van der Waals surface area (Å²) in [5.41, 5.74) is 0. The van der Waals surface area contributed by atoms with Gasteiger partial charge in [0.25, 0.3) is 0 Å². The molecule has 124 valence electrons. The number of ether oxygens (including phenoxy) is 1. The van der Waals surface area contributed by atoms with Crippen LogP contribution in [0.3, 0.4) is 0 Å². The highest BCUT2D eigenvalue weighted by molar-refractivity contribution is 14.0. The number of guanidine groups is 1. The Balaban J connectivity index is 0.00000242. The maximum Gasteiger partial charge on any atom is 0.193 e. The van der Waals surface area contributed by atoms with Gasteiger partial charge in [0.1, 0.15) is 18.2 Å². The quantitative estimate of drug-likeness (QED) is 0.418. The van der Waals surface area contributed by atoms with Crippen molar-refractivity contribution in [2.24, 2.45) is 10.9 Å². The van der Waals surface area contributed by atoms with E-state index < -0.39 is 0 Å². The Bertz CT molecular complexity index is 463. The van der Waals surface area contributed by atoms with Crippen LogP contribution in [0.1, 0.15) is 19.3 Å². The molecule has 1 aliphatic rings. The van der Waals surface area contributed by atoms with Crippen LogP contribution < -0.4 is 10.1 Å². The first-order valence-corrected chi connectivity index (χ1v) is 7.49. The van der Waals surface area contributed by atoms with E-state index in [0.29, 0.717) is 12.4 Å². The lowest BCUT2D eigenvalue weighted by molar-refractivity contribution is 0.281. The van der Waals surface area contributed by atoms with Gasteiger partial charge in [-0.05, 0) is 36.6 Å². The van der Waals surface area contributed by atoms with Gasteiger partial charge >= 0.3 is 0 Å². The number of aliphatic imine (C=N–C) groups is 1. The van der Waals surface area contributed by atoms with Crippen molar-refractivity contribution in [3.8, 4) is 5.75 Å². The zero-order valence-corrected chi connectivity index (χ0v) is 15.5. The fourth-order valence-electron chi connectivity index (χ4n) is 2.12. The Morgan fingerprint density at radius 1 is 1.36 bits per heavy atom. The lowest BCUT2D eigenvalue weighted by Crippen LogP contribution is -2.41. The van der Waals surface area contributed by atoms with Crippen molar-refractivity contribution in [2.75, 3.05) is 33.8 Å². The molecule has 0 spiro atoms. The molecule has 0 aliphatic heterocycles. The van der Waals surface area contributed by atoms with Crippen LogP contribution in [-0.4, -0.2) is 44.7 Å². The minimum absolute atomic E-state index is 0. The lowest BCUT2D eigenvalue weighted by Gasteiger charge is -2.22. The molecule has 1 saturated carbocycles. The normalized spacial score (nSPS) is 14.2. The van der Waals surface area contributed by atoms with Crippen molar-refractivity contribution >= 4 is 29.9 Å². The molecule has 0 unspecified atom stereocenters. The molecule has 0 atom stereocenters. The van der Waals surface area contributed by atoms with Gasteiger partial charge in [0.05, 0.1) is 6.54 Å². The third-order valence-corrected chi connectivity index (χ3v) is 3.62. The molecular formula is C16H25FIN3O. The Morgan fingerprint density at radius 3 is 2.64 bits per heavy atom. The largest absolute Gasteiger partial charge is 0.492 e. The summed E-state index contributed by atoms with van der Waals surface area (Å²) in [6.45, 7) is 2.23. The van der Waals surface area contributed by atoms with E-state index in [4.69, 9.17) is 4.74 Å². The summed E-state index contributed by atoms with van der Waals surface area (Å²) in [4.78, 5) is 6.31. The van der Waals surface area contributed by atoms with Gasteiger partial charge in [-0.3, -0.25) is 4.99 Å². The Hall–Kier alpha value is -1.05. The van der Waals surface area contributed by atoms with E-state index in [2.05, 4.69) is 10.3 Å². The van der Waals surface area contributed by atoms with Crippen LogP contribution in [0.25, 0.3) is 0 Å². The standard InChI is InChI=1S/C16H24FN3O.HI/c1-18-16(19-10-9-13-3-4-13)20(2)11-12-21-15-7-5-14(17)6-8-15;/h5-8,13H,3-4,9-12H2,1-2H3,(H,18,19);1H. The van der Waals surface area contributed by atoms with Gasteiger partial charge in [-0.25, -0.2) is 4.39 Å². The summed E-state index contributed by atoms with van der Waals surface area (Å²) in [6, 6.07) is 6.07. The summed E-state index contributed by atoms with van der Waals surface area (Å²) in [5, 5.41) is 3.37. The fourth-order valence-corrected chi connectivity index (χ4v) is 2.12. The Labute approximate surface area is 149 Å². The lowest BCUT2D eigenvalue weighted by atomic mass is 10.3. The molecule has 22 heavy (non-hydrogen) atoms. The molecule has 2 rings (SSSR count). The molecule has 1 aliphatic carbocycles. The molecule has 1 aromatic rings. The average Bonchev–Trinajstić information content (AvgIpc) is 3.30. The first kappa shape index (κ1) is 19.0. The first-order valence-electron chi connectivity index (χ1n) is 7.49. The molecule has 0 heterocycles. The third kappa shape index (κ3) is 6.81.